The minimum atomic E-state index is 0.778. The fraction of sp³-hybridized carbons (Fsp3) is 0.857. The van der Waals surface area contributed by atoms with Gasteiger partial charge in [0.1, 0.15) is 10.0 Å². The van der Waals surface area contributed by atoms with Crippen molar-refractivity contribution in [3.8, 4) is 0 Å². The minimum absolute atomic E-state index is 0.778. The van der Waals surface area contributed by atoms with Crippen LogP contribution in [0.15, 0.2) is 0 Å². The molecule has 0 aliphatic heterocycles. The molecule has 1 N–H and O–H groups in total. The number of hydrogen-bond donors (Lipinski definition) is 1. The monoisotopic (exact) mass is 285 g/mol. The van der Waals surface area contributed by atoms with E-state index in [1.54, 1.807) is 18.4 Å². The summed E-state index contributed by atoms with van der Waals surface area (Å²) in [5, 5.41) is 14.3. The minimum Gasteiger partial charge on any atom is -0.383 e. The highest BCUT2D eigenvalue weighted by atomic mass is 32.1. The van der Waals surface area contributed by atoms with Gasteiger partial charge in [-0.2, -0.15) is 0 Å². The van der Waals surface area contributed by atoms with Gasteiger partial charge < -0.3 is 10.1 Å². The molecule has 1 aromatic rings. The van der Waals surface area contributed by atoms with Gasteiger partial charge in [0.15, 0.2) is 0 Å². The van der Waals surface area contributed by atoms with Crippen molar-refractivity contribution < 1.29 is 4.74 Å². The Morgan fingerprint density at radius 2 is 1.74 bits per heavy atom. The van der Waals surface area contributed by atoms with Crippen LogP contribution in [-0.2, 0) is 17.6 Å². The van der Waals surface area contributed by atoms with Crippen LogP contribution in [0.4, 0.5) is 0 Å². The summed E-state index contributed by atoms with van der Waals surface area (Å²) < 4.78 is 4.98. The van der Waals surface area contributed by atoms with Gasteiger partial charge in [-0.3, -0.25) is 0 Å². The second-order valence-corrected chi connectivity index (χ2v) is 5.89. The Balaban J connectivity index is 2.06. The summed E-state index contributed by atoms with van der Waals surface area (Å²) >= 11 is 1.78. The second kappa shape index (κ2) is 11.3. The van der Waals surface area contributed by atoms with E-state index in [9.17, 15) is 0 Å². The first kappa shape index (κ1) is 16.5. The van der Waals surface area contributed by atoms with Crippen LogP contribution in [0.3, 0.4) is 0 Å². The number of nitrogens with zero attached hydrogens (tertiary/aromatic N) is 2. The maximum Gasteiger partial charge on any atom is 0.117 e. The maximum atomic E-state index is 4.98. The van der Waals surface area contributed by atoms with Crippen molar-refractivity contribution in [3.63, 3.8) is 0 Å². The number of unbranched alkanes of at least 4 members (excludes halogenated alkanes) is 3. The van der Waals surface area contributed by atoms with Crippen molar-refractivity contribution in [1.29, 1.82) is 0 Å². The van der Waals surface area contributed by atoms with E-state index in [0.29, 0.717) is 0 Å². The van der Waals surface area contributed by atoms with Crippen LogP contribution in [0.25, 0.3) is 0 Å². The van der Waals surface area contributed by atoms with Crippen LogP contribution in [0, 0.1) is 0 Å². The highest BCUT2D eigenvalue weighted by Gasteiger charge is 2.03. The Hall–Kier alpha value is -0.520. The summed E-state index contributed by atoms with van der Waals surface area (Å²) in [4.78, 5) is 0. The Morgan fingerprint density at radius 1 is 1.00 bits per heavy atom. The van der Waals surface area contributed by atoms with Gasteiger partial charge in [-0.05, 0) is 19.4 Å². The third-order valence-corrected chi connectivity index (χ3v) is 4.02. The molecule has 1 heterocycles. The predicted octanol–water partition coefficient (Wildman–Crippen LogP) is 2.83. The Bertz CT molecular complexity index is 317. The number of rotatable bonds is 12. The molecule has 0 saturated heterocycles. The summed E-state index contributed by atoms with van der Waals surface area (Å²) in [6.45, 7) is 4.97. The molecular formula is C14H27N3OS. The van der Waals surface area contributed by atoms with Gasteiger partial charge >= 0.3 is 0 Å². The zero-order valence-corrected chi connectivity index (χ0v) is 13.1. The SMILES string of the molecule is CCCCCCc1nnc(CCCNCCOC)s1. The number of methoxy groups -OCH3 is 1. The summed E-state index contributed by atoms with van der Waals surface area (Å²) in [6, 6.07) is 0. The van der Waals surface area contributed by atoms with E-state index in [4.69, 9.17) is 4.74 Å². The molecule has 0 radical (unpaired) electrons. The van der Waals surface area contributed by atoms with E-state index in [2.05, 4.69) is 22.4 Å². The molecule has 0 bridgehead atoms. The zero-order chi connectivity index (χ0) is 13.8. The molecule has 4 nitrogen and oxygen atoms in total. The molecule has 1 aromatic heterocycles. The third-order valence-electron chi connectivity index (χ3n) is 2.98. The molecule has 0 aliphatic carbocycles. The summed E-state index contributed by atoms with van der Waals surface area (Å²) in [7, 11) is 1.73. The van der Waals surface area contributed by atoms with Crippen LogP contribution in [0.1, 0.15) is 49.0 Å². The van der Waals surface area contributed by atoms with E-state index < -0.39 is 0 Å². The highest BCUT2D eigenvalue weighted by Crippen LogP contribution is 2.14. The number of hydrogen-bond acceptors (Lipinski definition) is 5. The molecule has 0 unspecified atom stereocenters. The lowest BCUT2D eigenvalue weighted by molar-refractivity contribution is 0.199. The maximum absolute atomic E-state index is 4.98. The molecule has 0 spiro atoms. The normalized spacial score (nSPS) is 11.1. The number of aromatic nitrogens is 2. The topological polar surface area (TPSA) is 47.0 Å². The van der Waals surface area contributed by atoms with E-state index in [0.717, 1.165) is 39.0 Å². The number of nitrogens with one attached hydrogen (secondary N) is 1. The van der Waals surface area contributed by atoms with Gasteiger partial charge in [0.05, 0.1) is 6.61 Å². The van der Waals surface area contributed by atoms with Gasteiger partial charge in [0, 0.05) is 26.5 Å². The van der Waals surface area contributed by atoms with Gasteiger partial charge in [0.25, 0.3) is 0 Å². The molecule has 0 aliphatic rings. The second-order valence-electron chi connectivity index (χ2n) is 4.75. The van der Waals surface area contributed by atoms with Crippen LogP contribution >= 0.6 is 11.3 Å². The lowest BCUT2D eigenvalue weighted by Gasteiger charge is -2.01. The van der Waals surface area contributed by atoms with Crippen molar-refractivity contribution in [2.75, 3.05) is 26.8 Å². The van der Waals surface area contributed by atoms with Crippen LogP contribution < -0.4 is 5.32 Å². The Labute approximate surface area is 121 Å². The molecule has 110 valence electrons. The van der Waals surface area contributed by atoms with Crippen LogP contribution in [0.5, 0.6) is 0 Å². The molecule has 1 rings (SSSR count). The van der Waals surface area contributed by atoms with Gasteiger partial charge in [-0.15, -0.1) is 21.5 Å². The smallest absolute Gasteiger partial charge is 0.117 e. The van der Waals surface area contributed by atoms with E-state index in [1.807, 2.05) is 0 Å². The molecule has 0 atom stereocenters. The molecule has 0 saturated carbocycles. The van der Waals surface area contributed by atoms with E-state index in [1.165, 1.54) is 35.7 Å². The first-order valence-corrected chi connectivity index (χ1v) is 8.19. The highest BCUT2D eigenvalue weighted by molar-refractivity contribution is 7.11. The van der Waals surface area contributed by atoms with Gasteiger partial charge in [0.2, 0.25) is 0 Å². The molecule has 19 heavy (non-hydrogen) atoms. The van der Waals surface area contributed by atoms with Crippen molar-refractivity contribution in [3.05, 3.63) is 10.0 Å². The summed E-state index contributed by atoms with van der Waals surface area (Å²) in [6.07, 6.45) is 8.44. The third kappa shape index (κ3) is 8.29. The van der Waals surface area contributed by atoms with Crippen molar-refractivity contribution in [2.24, 2.45) is 0 Å². The Morgan fingerprint density at radius 3 is 2.42 bits per heavy atom. The molecule has 0 fully saturated rings. The molecule has 5 heteroatoms. The van der Waals surface area contributed by atoms with Crippen molar-refractivity contribution in [1.82, 2.24) is 15.5 Å². The summed E-state index contributed by atoms with van der Waals surface area (Å²) in [5.41, 5.74) is 0. The fourth-order valence-electron chi connectivity index (χ4n) is 1.86. The van der Waals surface area contributed by atoms with Crippen LogP contribution in [0.2, 0.25) is 0 Å². The predicted molar refractivity (Wildman–Crippen MR) is 80.8 cm³/mol. The molecule has 0 aromatic carbocycles. The first-order valence-electron chi connectivity index (χ1n) is 7.37. The van der Waals surface area contributed by atoms with E-state index >= 15 is 0 Å². The first-order chi connectivity index (χ1) is 9.36. The average molecular weight is 285 g/mol. The fourth-order valence-corrected chi connectivity index (χ4v) is 2.79. The van der Waals surface area contributed by atoms with Crippen LogP contribution in [-0.4, -0.2) is 37.0 Å². The zero-order valence-electron chi connectivity index (χ0n) is 12.3. The quantitative estimate of drug-likeness (QED) is 0.600. The molecule has 0 amide bonds. The van der Waals surface area contributed by atoms with Crippen molar-refractivity contribution in [2.45, 2.75) is 51.9 Å². The lowest BCUT2D eigenvalue weighted by Crippen LogP contribution is -2.20. The average Bonchev–Trinajstić information content (AvgIpc) is 2.87. The standard InChI is InChI=1S/C14H27N3OS/c1-3-4-5-6-8-13-16-17-14(19-13)9-7-10-15-11-12-18-2/h15H,3-12H2,1-2H3. The summed E-state index contributed by atoms with van der Waals surface area (Å²) in [5.74, 6) is 0. The number of aryl methyl sites for hydroxylation is 2. The Kier molecular flexibility index (Phi) is 9.85. The van der Waals surface area contributed by atoms with Gasteiger partial charge in [-0.25, -0.2) is 0 Å². The molecular weight excluding hydrogens is 258 g/mol. The van der Waals surface area contributed by atoms with E-state index in [-0.39, 0.29) is 0 Å². The number of ether oxygens (including phenoxy) is 1. The lowest BCUT2D eigenvalue weighted by atomic mass is 10.2. The van der Waals surface area contributed by atoms with Gasteiger partial charge in [-0.1, -0.05) is 26.2 Å². The largest absolute Gasteiger partial charge is 0.383 e. The van der Waals surface area contributed by atoms with Crippen molar-refractivity contribution >= 4 is 11.3 Å².